The summed E-state index contributed by atoms with van der Waals surface area (Å²) >= 11 is 0. The first kappa shape index (κ1) is 12.4. The van der Waals surface area contributed by atoms with Gasteiger partial charge in [0.2, 0.25) is 11.9 Å². The molecule has 0 aromatic carbocycles. The van der Waals surface area contributed by atoms with Crippen LogP contribution in [0.2, 0.25) is 0 Å². The quantitative estimate of drug-likeness (QED) is 0.735. The lowest BCUT2D eigenvalue weighted by atomic mass is 10.4. The number of carboxylic acid groups (broad SMARTS) is 1. The van der Waals surface area contributed by atoms with Crippen molar-refractivity contribution in [1.82, 2.24) is 14.9 Å². The molecule has 18 heavy (non-hydrogen) atoms. The van der Waals surface area contributed by atoms with Crippen LogP contribution in [0.25, 0.3) is 0 Å². The van der Waals surface area contributed by atoms with Gasteiger partial charge in [-0.1, -0.05) is 0 Å². The van der Waals surface area contributed by atoms with Gasteiger partial charge in [-0.2, -0.15) is 0 Å². The first-order chi connectivity index (χ1) is 8.65. The smallest absolute Gasteiger partial charge is 0.317 e. The summed E-state index contributed by atoms with van der Waals surface area (Å²) in [6.45, 7) is -0.0665. The van der Waals surface area contributed by atoms with Crippen molar-refractivity contribution in [2.75, 3.05) is 18.4 Å². The van der Waals surface area contributed by atoms with E-state index in [0.29, 0.717) is 0 Å². The fourth-order valence-corrected chi connectivity index (χ4v) is 1.64. The minimum atomic E-state index is -0.925. The Hall–Kier alpha value is -2.02. The molecule has 0 atom stereocenters. The second-order valence-electron chi connectivity index (χ2n) is 4.15. The molecule has 1 aliphatic rings. The summed E-state index contributed by atoms with van der Waals surface area (Å²) in [4.78, 5) is 31.8. The van der Waals surface area contributed by atoms with E-state index < -0.39 is 5.97 Å². The average molecular weight is 250 g/mol. The Balaban J connectivity index is 1.87. The molecule has 1 saturated carbocycles. The molecule has 0 aliphatic heterocycles. The van der Waals surface area contributed by atoms with E-state index in [9.17, 15) is 9.59 Å². The van der Waals surface area contributed by atoms with Crippen LogP contribution in [-0.2, 0) is 9.59 Å². The van der Waals surface area contributed by atoms with Crippen LogP contribution in [0.15, 0.2) is 18.5 Å². The number of hydrogen-bond donors (Lipinski definition) is 2. The van der Waals surface area contributed by atoms with E-state index in [1.165, 1.54) is 12.4 Å². The second kappa shape index (κ2) is 5.54. The van der Waals surface area contributed by atoms with Gasteiger partial charge in [-0.05, 0) is 18.9 Å². The van der Waals surface area contributed by atoms with Crippen molar-refractivity contribution in [2.45, 2.75) is 18.9 Å². The third-order valence-corrected chi connectivity index (χ3v) is 2.57. The van der Waals surface area contributed by atoms with E-state index in [0.717, 1.165) is 12.8 Å². The summed E-state index contributed by atoms with van der Waals surface area (Å²) < 4.78 is 0. The van der Waals surface area contributed by atoms with Crippen LogP contribution in [0.3, 0.4) is 0 Å². The highest BCUT2D eigenvalue weighted by Crippen LogP contribution is 2.26. The van der Waals surface area contributed by atoms with Crippen molar-refractivity contribution in [3.05, 3.63) is 18.5 Å². The third kappa shape index (κ3) is 3.77. The van der Waals surface area contributed by atoms with Gasteiger partial charge in [0.25, 0.3) is 0 Å². The molecule has 7 nitrogen and oxygen atoms in total. The lowest BCUT2D eigenvalue weighted by Gasteiger charge is -2.18. The zero-order chi connectivity index (χ0) is 13.0. The monoisotopic (exact) mass is 250 g/mol. The van der Waals surface area contributed by atoms with Gasteiger partial charge in [-0.3, -0.25) is 19.8 Å². The summed E-state index contributed by atoms with van der Waals surface area (Å²) in [5, 5.41) is 11.3. The molecule has 7 heteroatoms. The standard InChI is InChI=1S/C11H14N4O3/c16-9(14-11-12-4-1-5-13-11)6-15(7-10(17)18)8-2-3-8/h1,4-5,8H,2-3,6-7H2,(H,17,18)(H,12,13,14,16). The number of carbonyl (C=O) groups excluding carboxylic acids is 1. The molecular formula is C11H14N4O3. The van der Waals surface area contributed by atoms with Gasteiger partial charge in [-0.15, -0.1) is 0 Å². The molecule has 1 aliphatic carbocycles. The molecule has 0 bridgehead atoms. The fraction of sp³-hybridized carbons (Fsp3) is 0.455. The largest absolute Gasteiger partial charge is 0.480 e. The Morgan fingerprint density at radius 2 is 2.00 bits per heavy atom. The number of anilines is 1. The molecular weight excluding hydrogens is 236 g/mol. The summed E-state index contributed by atoms with van der Waals surface area (Å²) in [5.74, 6) is -0.992. The van der Waals surface area contributed by atoms with E-state index in [1.54, 1.807) is 11.0 Å². The van der Waals surface area contributed by atoms with Crippen molar-refractivity contribution < 1.29 is 14.7 Å². The molecule has 1 amide bonds. The van der Waals surface area contributed by atoms with E-state index in [1.807, 2.05) is 0 Å². The van der Waals surface area contributed by atoms with Crippen LogP contribution >= 0.6 is 0 Å². The normalized spacial score (nSPS) is 14.5. The van der Waals surface area contributed by atoms with Crippen molar-refractivity contribution in [1.29, 1.82) is 0 Å². The number of rotatable bonds is 6. The summed E-state index contributed by atoms with van der Waals surface area (Å²) in [6, 6.07) is 1.86. The maximum atomic E-state index is 11.7. The van der Waals surface area contributed by atoms with E-state index in [4.69, 9.17) is 5.11 Å². The van der Waals surface area contributed by atoms with Gasteiger partial charge >= 0.3 is 5.97 Å². The van der Waals surface area contributed by atoms with Crippen molar-refractivity contribution >= 4 is 17.8 Å². The number of nitrogens with zero attached hydrogens (tertiary/aromatic N) is 3. The van der Waals surface area contributed by atoms with E-state index in [-0.39, 0.29) is 31.0 Å². The number of hydrogen-bond acceptors (Lipinski definition) is 5. The van der Waals surface area contributed by atoms with Crippen LogP contribution in [0.1, 0.15) is 12.8 Å². The molecule has 1 aromatic rings. The summed E-state index contributed by atoms with van der Waals surface area (Å²) in [5.41, 5.74) is 0. The molecule has 2 rings (SSSR count). The molecule has 1 fully saturated rings. The Kier molecular flexibility index (Phi) is 3.83. The Labute approximate surface area is 104 Å². The lowest BCUT2D eigenvalue weighted by Crippen LogP contribution is -2.38. The number of aliphatic carboxylic acids is 1. The maximum Gasteiger partial charge on any atom is 0.317 e. The zero-order valence-corrected chi connectivity index (χ0v) is 9.74. The van der Waals surface area contributed by atoms with Crippen LogP contribution in [-0.4, -0.2) is 51.0 Å². The lowest BCUT2D eigenvalue weighted by molar-refractivity contribution is -0.138. The first-order valence-electron chi connectivity index (χ1n) is 5.68. The predicted octanol–water partition coefficient (Wildman–Crippen LogP) is -0.0359. The van der Waals surface area contributed by atoms with Gasteiger partial charge in [0.15, 0.2) is 0 Å². The number of carboxylic acids is 1. The summed E-state index contributed by atoms with van der Waals surface area (Å²) in [6.07, 6.45) is 4.95. The van der Waals surface area contributed by atoms with E-state index >= 15 is 0 Å². The highest BCUT2D eigenvalue weighted by Gasteiger charge is 2.31. The molecule has 1 heterocycles. The highest BCUT2D eigenvalue weighted by atomic mass is 16.4. The van der Waals surface area contributed by atoms with Gasteiger partial charge in [0, 0.05) is 18.4 Å². The minimum Gasteiger partial charge on any atom is -0.480 e. The fourth-order valence-electron chi connectivity index (χ4n) is 1.64. The van der Waals surface area contributed by atoms with Gasteiger partial charge in [-0.25, -0.2) is 9.97 Å². The van der Waals surface area contributed by atoms with Crippen molar-refractivity contribution in [3.63, 3.8) is 0 Å². The third-order valence-electron chi connectivity index (χ3n) is 2.57. The van der Waals surface area contributed by atoms with Crippen LogP contribution in [0.5, 0.6) is 0 Å². The Morgan fingerprint density at radius 1 is 1.33 bits per heavy atom. The average Bonchev–Trinajstić information content (AvgIpc) is 3.12. The zero-order valence-electron chi connectivity index (χ0n) is 9.74. The Bertz CT molecular complexity index is 433. The van der Waals surface area contributed by atoms with Gasteiger partial charge < -0.3 is 5.11 Å². The number of carbonyl (C=O) groups is 2. The van der Waals surface area contributed by atoms with Crippen LogP contribution in [0, 0.1) is 0 Å². The summed E-state index contributed by atoms with van der Waals surface area (Å²) in [7, 11) is 0. The maximum absolute atomic E-state index is 11.7. The Morgan fingerprint density at radius 3 is 2.56 bits per heavy atom. The topological polar surface area (TPSA) is 95.4 Å². The van der Waals surface area contributed by atoms with Crippen LogP contribution in [0.4, 0.5) is 5.95 Å². The molecule has 96 valence electrons. The van der Waals surface area contributed by atoms with E-state index in [2.05, 4.69) is 15.3 Å². The number of aromatic nitrogens is 2. The SMILES string of the molecule is O=C(O)CN(CC(=O)Nc1ncccn1)C1CC1. The van der Waals surface area contributed by atoms with Crippen LogP contribution < -0.4 is 5.32 Å². The molecule has 0 unspecified atom stereocenters. The molecule has 0 radical (unpaired) electrons. The predicted molar refractivity (Wildman–Crippen MR) is 62.9 cm³/mol. The molecule has 0 saturated heterocycles. The second-order valence-corrected chi connectivity index (χ2v) is 4.15. The van der Waals surface area contributed by atoms with Crippen molar-refractivity contribution in [2.24, 2.45) is 0 Å². The molecule has 0 spiro atoms. The first-order valence-corrected chi connectivity index (χ1v) is 5.68. The highest BCUT2D eigenvalue weighted by molar-refractivity contribution is 5.90. The number of nitrogens with one attached hydrogen (secondary N) is 1. The van der Waals surface area contributed by atoms with Gasteiger partial charge in [0.1, 0.15) is 0 Å². The molecule has 1 aromatic heterocycles. The minimum absolute atomic E-state index is 0.0508. The number of amides is 1. The molecule has 2 N–H and O–H groups in total. The van der Waals surface area contributed by atoms with Crippen molar-refractivity contribution in [3.8, 4) is 0 Å². The van der Waals surface area contributed by atoms with Gasteiger partial charge in [0.05, 0.1) is 13.1 Å².